The van der Waals surface area contributed by atoms with Crippen LogP contribution in [0, 0.1) is 0 Å². The summed E-state index contributed by atoms with van der Waals surface area (Å²) in [6.45, 7) is 3.87. The van der Waals surface area contributed by atoms with Crippen molar-refractivity contribution in [2.45, 2.75) is 38.5 Å². The summed E-state index contributed by atoms with van der Waals surface area (Å²) in [4.78, 5) is 19.1. The first-order valence-corrected chi connectivity index (χ1v) is 7.78. The largest absolute Gasteiger partial charge is 0.361 e. The summed E-state index contributed by atoms with van der Waals surface area (Å²) in [7, 11) is -4.38. The van der Waals surface area contributed by atoms with Crippen LogP contribution in [-0.4, -0.2) is 16.4 Å². The van der Waals surface area contributed by atoms with Crippen molar-refractivity contribution < 1.29 is 19.1 Å². The van der Waals surface area contributed by atoms with E-state index >= 15 is 0 Å². The van der Waals surface area contributed by atoms with Crippen LogP contribution < -0.4 is 0 Å². The Morgan fingerprint density at radius 3 is 2.33 bits per heavy atom. The van der Waals surface area contributed by atoms with Gasteiger partial charge >= 0.3 is 7.60 Å². The number of rotatable bonds is 7. The molecule has 0 saturated carbocycles. The van der Waals surface area contributed by atoms with Crippen molar-refractivity contribution in [3.8, 4) is 0 Å². The summed E-state index contributed by atoms with van der Waals surface area (Å²) in [5.41, 5.74) is 0.509. The molecule has 0 amide bonds. The second-order valence-corrected chi connectivity index (χ2v) is 6.39. The average molecular weight is 272 g/mol. The number of benzene rings is 1. The summed E-state index contributed by atoms with van der Waals surface area (Å²) in [6.07, 6.45) is 2.84. The quantitative estimate of drug-likeness (QED) is 0.590. The smallest absolute Gasteiger partial charge is 0.358 e. The van der Waals surface area contributed by atoms with Crippen LogP contribution in [0.25, 0.3) is 0 Å². The van der Waals surface area contributed by atoms with Crippen LogP contribution in [0.15, 0.2) is 30.3 Å². The highest BCUT2D eigenvalue weighted by Gasteiger charge is 2.45. The molecule has 0 heterocycles. The fourth-order valence-electron chi connectivity index (χ4n) is 1.71. The van der Waals surface area contributed by atoms with Gasteiger partial charge in [-0.05, 0) is 18.9 Å². The standard InChI is InChI=1S/C13H21O4P/c1-3-4-8-11-17-13(2,18(14,15)16)12-9-6-5-7-10-12/h5-7,9-10H,3-4,8,11H2,1-2H3,(H2,14,15,16). The maximum absolute atomic E-state index is 11.7. The van der Waals surface area contributed by atoms with Gasteiger partial charge in [-0.25, -0.2) is 0 Å². The first-order valence-electron chi connectivity index (χ1n) is 6.17. The molecule has 0 saturated heterocycles. The molecule has 1 aromatic carbocycles. The van der Waals surface area contributed by atoms with E-state index in [0.29, 0.717) is 12.2 Å². The molecule has 102 valence electrons. The Kier molecular flexibility index (Phi) is 5.54. The van der Waals surface area contributed by atoms with E-state index < -0.39 is 12.9 Å². The van der Waals surface area contributed by atoms with Gasteiger partial charge in [-0.3, -0.25) is 4.57 Å². The van der Waals surface area contributed by atoms with Crippen LogP contribution in [0.1, 0.15) is 38.7 Å². The summed E-state index contributed by atoms with van der Waals surface area (Å²) >= 11 is 0. The van der Waals surface area contributed by atoms with Gasteiger partial charge in [0.15, 0.2) is 5.34 Å². The molecule has 1 rings (SSSR count). The molecule has 4 nitrogen and oxygen atoms in total. The summed E-state index contributed by atoms with van der Waals surface area (Å²) in [6, 6.07) is 8.66. The van der Waals surface area contributed by atoms with Gasteiger partial charge in [-0.15, -0.1) is 0 Å². The second-order valence-electron chi connectivity index (χ2n) is 4.45. The maximum atomic E-state index is 11.7. The second kappa shape index (κ2) is 6.48. The topological polar surface area (TPSA) is 66.8 Å². The first kappa shape index (κ1) is 15.4. The van der Waals surface area contributed by atoms with Crippen molar-refractivity contribution in [3.63, 3.8) is 0 Å². The molecular weight excluding hydrogens is 251 g/mol. The molecule has 2 N–H and O–H groups in total. The third kappa shape index (κ3) is 3.66. The third-order valence-corrected chi connectivity index (χ3v) is 4.50. The van der Waals surface area contributed by atoms with Crippen LogP contribution in [0.3, 0.4) is 0 Å². The van der Waals surface area contributed by atoms with Gasteiger partial charge in [0.2, 0.25) is 0 Å². The van der Waals surface area contributed by atoms with Crippen molar-refractivity contribution in [1.82, 2.24) is 0 Å². The zero-order valence-corrected chi connectivity index (χ0v) is 11.8. The average Bonchev–Trinajstić information content (AvgIpc) is 2.34. The highest BCUT2D eigenvalue weighted by atomic mass is 31.2. The normalized spacial score (nSPS) is 15.3. The van der Waals surface area contributed by atoms with E-state index in [1.807, 2.05) is 0 Å². The summed E-state index contributed by atoms with van der Waals surface area (Å²) < 4.78 is 17.2. The van der Waals surface area contributed by atoms with Crippen molar-refractivity contribution >= 4 is 7.60 Å². The van der Waals surface area contributed by atoms with Crippen LogP contribution in [0.4, 0.5) is 0 Å². The molecule has 0 aromatic heterocycles. The maximum Gasteiger partial charge on any atom is 0.361 e. The molecule has 1 aromatic rings. The molecule has 1 unspecified atom stereocenters. The lowest BCUT2D eigenvalue weighted by Crippen LogP contribution is -2.26. The van der Waals surface area contributed by atoms with E-state index in [-0.39, 0.29) is 0 Å². The molecule has 0 spiro atoms. The fraction of sp³-hybridized carbons (Fsp3) is 0.538. The van der Waals surface area contributed by atoms with Crippen molar-refractivity contribution in [2.75, 3.05) is 6.61 Å². The van der Waals surface area contributed by atoms with Crippen LogP contribution in [0.2, 0.25) is 0 Å². The molecule has 0 aliphatic carbocycles. The van der Waals surface area contributed by atoms with Crippen molar-refractivity contribution in [2.24, 2.45) is 0 Å². The molecular formula is C13H21O4P. The summed E-state index contributed by atoms with van der Waals surface area (Å²) in [5, 5.41) is -1.55. The van der Waals surface area contributed by atoms with Crippen LogP contribution >= 0.6 is 7.60 Å². The number of ether oxygens (including phenoxy) is 1. The number of hydrogen-bond acceptors (Lipinski definition) is 2. The SMILES string of the molecule is CCCCCOC(C)(c1ccccc1)P(=O)(O)O. The van der Waals surface area contributed by atoms with Crippen LogP contribution in [0.5, 0.6) is 0 Å². The van der Waals surface area contributed by atoms with E-state index in [4.69, 9.17) is 4.74 Å². The molecule has 18 heavy (non-hydrogen) atoms. The molecule has 5 heteroatoms. The molecule has 0 bridgehead atoms. The Hall–Kier alpha value is -0.670. The van der Waals surface area contributed by atoms with Crippen LogP contribution in [-0.2, 0) is 14.6 Å². The van der Waals surface area contributed by atoms with Crippen molar-refractivity contribution in [1.29, 1.82) is 0 Å². The van der Waals surface area contributed by atoms with E-state index in [1.54, 1.807) is 30.3 Å². The van der Waals surface area contributed by atoms with E-state index in [9.17, 15) is 14.4 Å². The van der Waals surface area contributed by atoms with E-state index in [2.05, 4.69) is 6.92 Å². The van der Waals surface area contributed by atoms with Crippen molar-refractivity contribution in [3.05, 3.63) is 35.9 Å². The molecule has 0 radical (unpaired) electrons. The molecule has 1 atom stereocenters. The minimum Gasteiger partial charge on any atom is -0.358 e. The van der Waals surface area contributed by atoms with Gasteiger partial charge in [-0.2, -0.15) is 0 Å². The van der Waals surface area contributed by atoms with E-state index in [1.165, 1.54) is 6.92 Å². The van der Waals surface area contributed by atoms with Gasteiger partial charge in [0.05, 0.1) is 0 Å². The highest BCUT2D eigenvalue weighted by Crippen LogP contribution is 2.57. The monoisotopic (exact) mass is 272 g/mol. The lowest BCUT2D eigenvalue weighted by atomic mass is 10.1. The Morgan fingerprint density at radius 2 is 1.83 bits per heavy atom. The van der Waals surface area contributed by atoms with E-state index in [0.717, 1.165) is 19.3 Å². The summed E-state index contributed by atoms with van der Waals surface area (Å²) in [5.74, 6) is 0. The first-order chi connectivity index (χ1) is 8.42. The Bertz CT molecular complexity index is 401. The Morgan fingerprint density at radius 1 is 1.22 bits per heavy atom. The lowest BCUT2D eigenvalue weighted by molar-refractivity contribution is 0.00667. The van der Waals surface area contributed by atoms with Gasteiger partial charge in [0.1, 0.15) is 0 Å². The minimum atomic E-state index is -4.38. The Balaban J connectivity index is 2.87. The van der Waals surface area contributed by atoms with Gasteiger partial charge in [-0.1, -0.05) is 50.1 Å². The highest BCUT2D eigenvalue weighted by molar-refractivity contribution is 7.52. The third-order valence-electron chi connectivity index (χ3n) is 3.00. The van der Waals surface area contributed by atoms with Gasteiger partial charge in [0.25, 0.3) is 0 Å². The van der Waals surface area contributed by atoms with Gasteiger partial charge < -0.3 is 14.5 Å². The molecule has 0 aliphatic heterocycles. The zero-order chi connectivity index (χ0) is 13.6. The zero-order valence-electron chi connectivity index (χ0n) is 10.9. The predicted molar refractivity (Wildman–Crippen MR) is 71.3 cm³/mol. The molecule has 0 fully saturated rings. The minimum absolute atomic E-state index is 0.352. The fourth-order valence-corrected chi connectivity index (χ4v) is 2.45. The molecule has 0 aliphatic rings. The number of hydrogen-bond donors (Lipinski definition) is 2. The number of unbranched alkanes of at least 4 members (excludes halogenated alkanes) is 2. The van der Waals surface area contributed by atoms with Gasteiger partial charge in [0, 0.05) is 6.61 Å². The predicted octanol–water partition coefficient (Wildman–Crippen LogP) is 3.24. The Labute approximate surface area is 108 Å². The lowest BCUT2D eigenvalue weighted by Gasteiger charge is -2.31.